The molecule has 1 aromatic carbocycles. The summed E-state index contributed by atoms with van der Waals surface area (Å²) >= 11 is 0. The van der Waals surface area contributed by atoms with Crippen LogP contribution in [0.4, 0.5) is 0 Å². The molecule has 0 saturated heterocycles. The molecule has 0 unspecified atom stereocenters. The molecule has 0 atom stereocenters. The zero-order valence-corrected chi connectivity index (χ0v) is 10.3. The van der Waals surface area contributed by atoms with Crippen molar-refractivity contribution in [2.24, 2.45) is 0 Å². The third-order valence-corrected chi connectivity index (χ3v) is 2.74. The smallest absolute Gasteiger partial charge is 0.141 e. The van der Waals surface area contributed by atoms with Crippen LogP contribution in [-0.2, 0) is 13.0 Å². The van der Waals surface area contributed by atoms with E-state index in [1.165, 1.54) is 11.1 Å². The Hall–Kier alpha value is -1.83. The van der Waals surface area contributed by atoms with Crippen LogP contribution in [0.3, 0.4) is 0 Å². The number of ether oxygens (including phenoxy) is 1. The van der Waals surface area contributed by atoms with E-state index in [2.05, 4.69) is 30.1 Å². The molecular formula is C15H17NO. The number of pyridine rings is 1. The molecule has 0 aliphatic rings. The van der Waals surface area contributed by atoms with Crippen molar-refractivity contribution in [3.63, 3.8) is 0 Å². The fourth-order valence-electron chi connectivity index (χ4n) is 1.63. The Morgan fingerprint density at radius 3 is 2.59 bits per heavy atom. The van der Waals surface area contributed by atoms with Gasteiger partial charge in [0.15, 0.2) is 0 Å². The van der Waals surface area contributed by atoms with E-state index >= 15 is 0 Å². The van der Waals surface area contributed by atoms with E-state index in [1.54, 1.807) is 0 Å². The van der Waals surface area contributed by atoms with Gasteiger partial charge >= 0.3 is 0 Å². The van der Waals surface area contributed by atoms with Crippen LogP contribution < -0.4 is 4.74 Å². The summed E-state index contributed by atoms with van der Waals surface area (Å²) in [5.41, 5.74) is 3.32. The van der Waals surface area contributed by atoms with Gasteiger partial charge < -0.3 is 4.74 Å². The molecule has 1 aromatic heterocycles. The molecule has 0 aliphatic heterocycles. The molecule has 1 heterocycles. The van der Waals surface area contributed by atoms with Crippen LogP contribution in [-0.4, -0.2) is 4.98 Å². The summed E-state index contributed by atoms with van der Waals surface area (Å²) in [4.78, 5) is 4.34. The monoisotopic (exact) mass is 227 g/mol. The van der Waals surface area contributed by atoms with Crippen molar-refractivity contribution in [2.45, 2.75) is 26.9 Å². The lowest BCUT2D eigenvalue weighted by atomic mass is 10.2. The Labute approximate surface area is 102 Å². The first-order valence-electron chi connectivity index (χ1n) is 5.92. The molecule has 0 aliphatic carbocycles. The van der Waals surface area contributed by atoms with Gasteiger partial charge in [0.1, 0.15) is 12.4 Å². The molecule has 0 fully saturated rings. The molecule has 17 heavy (non-hydrogen) atoms. The van der Waals surface area contributed by atoms with Crippen LogP contribution in [0.1, 0.15) is 23.7 Å². The molecule has 0 bridgehead atoms. The second-order valence-corrected chi connectivity index (χ2v) is 4.05. The average molecular weight is 227 g/mol. The van der Waals surface area contributed by atoms with Crippen molar-refractivity contribution in [2.75, 3.05) is 0 Å². The van der Waals surface area contributed by atoms with Gasteiger partial charge in [-0.15, -0.1) is 0 Å². The molecule has 0 radical (unpaired) electrons. The predicted molar refractivity (Wildman–Crippen MR) is 69.1 cm³/mol. The van der Waals surface area contributed by atoms with E-state index in [1.807, 2.05) is 31.3 Å². The molecule has 2 rings (SSSR count). The van der Waals surface area contributed by atoms with E-state index in [4.69, 9.17) is 4.74 Å². The number of rotatable bonds is 4. The Morgan fingerprint density at radius 2 is 1.88 bits per heavy atom. The quantitative estimate of drug-likeness (QED) is 0.797. The van der Waals surface area contributed by atoms with Crippen LogP contribution in [0.2, 0.25) is 0 Å². The minimum absolute atomic E-state index is 0.594. The van der Waals surface area contributed by atoms with Gasteiger partial charge in [0.25, 0.3) is 0 Å². The highest BCUT2D eigenvalue weighted by Crippen LogP contribution is 2.18. The van der Waals surface area contributed by atoms with Crippen molar-refractivity contribution >= 4 is 0 Å². The zero-order chi connectivity index (χ0) is 12.1. The number of nitrogens with zero attached hydrogens (tertiary/aromatic N) is 1. The lowest BCUT2D eigenvalue weighted by molar-refractivity contribution is 0.302. The minimum atomic E-state index is 0.594. The topological polar surface area (TPSA) is 22.1 Å². The van der Waals surface area contributed by atoms with Crippen LogP contribution >= 0.6 is 0 Å². The Balaban J connectivity index is 2.08. The summed E-state index contributed by atoms with van der Waals surface area (Å²) in [7, 11) is 0. The van der Waals surface area contributed by atoms with Crippen molar-refractivity contribution in [1.29, 1.82) is 0 Å². The number of benzene rings is 1. The van der Waals surface area contributed by atoms with Gasteiger partial charge in [-0.2, -0.15) is 0 Å². The number of hydrogen-bond donors (Lipinski definition) is 0. The van der Waals surface area contributed by atoms with Crippen LogP contribution in [0.5, 0.6) is 5.75 Å². The highest BCUT2D eigenvalue weighted by Gasteiger charge is 2.02. The van der Waals surface area contributed by atoms with E-state index < -0.39 is 0 Å². The maximum absolute atomic E-state index is 5.80. The number of hydrogen-bond acceptors (Lipinski definition) is 2. The molecule has 0 spiro atoms. The maximum atomic E-state index is 5.80. The van der Waals surface area contributed by atoms with Crippen molar-refractivity contribution in [3.05, 3.63) is 59.4 Å². The van der Waals surface area contributed by atoms with Gasteiger partial charge in [0.2, 0.25) is 0 Å². The molecule has 88 valence electrons. The van der Waals surface area contributed by atoms with Crippen LogP contribution in [0.25, 0.3) is 0 Å². The first-order chi connectivity index (χ1) is 8.29. The van der Waals surface area contributed by atoms with Gasteiger partial charge in [0, 0.05) is 6.20 Å². The minimum Gasteiger partial charge on any atom is -0.487 e. The maximum Gasteiger partial charge on any atom is 0.141 e. The number of aryl methyl sites for hydroxylation is 2. The average Bonchev–Trinajstić information content (AvgIpc) is 2.39. The molecule has 2 heteroatoms. The second kappa shape index (κ2) is 5.48. The van der Waals surface area contributed by atoms with Gasteiger partial charge in [-0.1, -0.05) is 37.3 Å². The zero-order valence-electron chi connectivity index (χ0n) is 10.3. The summed E-state index contributed by atoms with van der Waals surface area (Å²) < 4.78 is 5.80. The third-order valence-electron chi connectivity index (χ3n) is 2.74. The molecule has 2 aromatic rings. The van der Waals surface area contributed by atoms with Crippen molar-refractivity contribution < 1.29 is 4.74 Å². The fraction of sp³-hybridized carbons (Fsp3) is 0.267. The fourth-order valence-corrected chi connectivity index (χ4v) is 1.63. The Kier molecular flexibility index (Phi) is 3.76. The number of aromatic nitrogens is 1. The van der Waals surface area contributed by atoms with E-state index in [-0.39, 0.29) is 0 Å². The molecule has 0 N–H and O–H groups in total. The molecule has 2 nitrogen and oxygen atoms in total. The van der Waals surface area contributed by atoms with Crippen molar-refractivity contribution in [3.8, 4) is 5.75 Å². The normalized spacial score (nSPS) is 10.2. The Morgan fingerprint density at radius 1 is 1.12 bits per heavy atom. The first-order valence-corrected chi connectivity index (χ1v) is 5.92. The van der Waals surface area contributed by atoms with E-state index in [0.29, 0.717) is 6.61 Å². The largest absolute Gasteiger partial charge is 0.487 e. The van der Waals surface area contributed by atoms with Crippen molar-refractivity contribution in [1.82, 2.24) is 4.98 Å². The highest BCUT2D eigenvalue weighted by atomic mass is 16.5. The first kappa shape index (κ1) is 11.6. The lowest BCUT2D eigenvalue weighted by Crippen LogP contribution is -1.99. The van der Waals surface area contributed by atoms with Gasteiger partial charge in [0.05, 0.1) is 5.69 Å². The van der Waals surface area contributed by atoms with Gasteiger partial charge in [-0.05, 0) is 30.5 Å². The van der Waals surface area contributed by atoms with Crippen LogP contribution in [0.15, 0.2) is 42.6 Å². The third kappa shape index (κ3) is 3.06. The predicted octanol–water partition coefficient (Wildman–Crippen LogP) is 3.53. The lowest BCUT2D eigenvalue weighted by Gasteiger charge is -2.09. The Bertz CT molecular complexity index is 480. The second-order valence-electron chi connectivity index (χ2n) is 4.05. The summed E-state index contributed by atoms with van der Waals surface area (Å²) in [6.07, 6.45) is 2.89. The summed E-state index contributed by atoms with van der Waals surface area (Å²) in [6, 6.07) is 12.2. The van der Waals surface area contributed by atoms with E-state index in [0.717, 1.165) is 17.9 Å². The highest BCUT2D eigenvalue weighted by molar-refractivity contribution is 5.31. The standard InChI is InChI=1S/C15H17NO/c1-3-13-9-15(12(2)16-10-13)17-11-14-7-5-4-6-8-14/h4-10H,3,11H2,1-2H3. The SMILES string of the molecule is CCc1cnc(C)c(OCc2ccccc2)c1. The van der Waals surface area contributed by atoms with E-state index in [9.17, 15) is 0 Å². The van der Waals surface area contributed by atoms with Gasteiger partial charge in [-0.3, -0.25) is 4.98 Å². The molecule has 0 amide bonds. The molecule has 0 saturated carbocycles. The van der Waals surface area contributed by atoms with Gasteiger partial charge in [-0.25, -0.2) is 0 Å². The summed E-state index contributed by atoms with van der Waals surface area (Å²) in [5, 5.41) is 0. The van der Waals surface area contributed by atoms with Crippen LogP contribution in [0, 0.1) is 6.92 Å². The summed E-state index contributed by atoms with van der Waals surface area (Å²) in [5.74, 6) is 0.883. The summed E-state index contributed by atoms with van der Waals surface area (Å²) in [6.45, 7) is 4.68. The molecular weight excluding hydrogens is 210 g/mol.